The van der Waals surface area contributed by atoms with Gasteiger partial charge in [0.05, 0.1) is 6.20 Å². The Morgan fingerprint density at radius 3 is 2.88 bits per heavy atom. The number of aryl methyl sites for hydroxylation is 1. The van der Waals surface area contributed by atoms with Crippen molar-refractivity contribution in [2.75, 3.05) is 12.4 Å². The number of hydrogen-bond donors (Lipinski definition) is 1. The van der Waals surface area contributed by atoms with Gasteiger partial charge in [0.25, 0.3) is 10.0 Å². The summed E-state index contributed by atoms with van der Waals surface area (Å²) >= 11 is 5.86. The van der Waals surface area contributed by atoms with Gasteiger partial charge in [-0.1, -0.05) is 6.92 Å². The number of imidazole rings is 1. The molecule has 1 aromatic heterocycles. The predicted molar refractivity (Wildman–Crippen MR) is 65.5 cm³/mol. The number of sulfonamides is 1. The van der Waals surface area contributed by atoms with Crippen LogP contribution >= 0.6 is 11.6 Å². The molecule has 7 heteroatoms. The van der Waals surface area contributed by atoms with E-state index in [1.165, 1.54) is 10.5 Å². The predicted octanol–water partition coefficient (Wildman–Crippen LogP) is 1.36. The summed E-state index contributed by atoms with van der Waals surface area (Å²) in [6.07, 6.45) is 2.21. The molecule has 2 heterocycles. The summed E-state index contributed by atoms with van der Waals surface area (Å²) in [5.41, 5.74) is 0. The molecule has 0 saturated carbocycles. The number of aromatic nitrogens is 2. The quantitative estimate of drug-likeness (QED) is 0.849. The normalized spacial score (nSPS) is 26.5. The Balaban J connectivity index is 2.33. The molecule has 1 aliphatic heterocycles. The Bertz CT molecular complexity index is 499. The van der Waals surface area contributed by atoms with Crippen molar-refractivity contribution in [1.29, 1.82) is 0 Å². The Kier molecular flexibility index (Phi) is 3.47. The van der Waals surface area contributed by atoms with E-state index < -0.39 is 10.0 Å². The van der Waals surface area contributed by atoms with E-state index in [4.69, 9.17) is 11.6 Å². The van der Waals surface area contributed by atoms with Gasteiger partial charge in [0.15, 0.2) is 5.03 Å². The molecule has 5 nitrogen and oxygen atoms in total. The highest BCUT2D eigenvalue weighted by Gasteiger charge is 2.39. The van der Waals surface area contributed by atoms with Crippen LogP contribution in [0.5, 0.6) is 0 Å². The van der Waals surface area contributed by atoms with Gasteiger partial charge in [0.2, 0.25) is 0 Å². The minimum atomic E-state index is -3.48. The molecule has 0 radical (unpaired) electrons. The number of nitrogens with zero attached hydrogens (tertiary/aromatic N) is 2. The monoisotopic (exact) mass is 277 g/mol. The molecule has 17 heavy (non-hydrogen) atoms. The Morgan fingerprint density at radius 1 is 1.65 bits per heavy atom. The van der Waals surface area contributed by atoms with Crippen molar-refractivity contribution >= 4 is 21.6 Å². The van der Waals surface area contributed by atoms with Crippen LogP contribution < -0.4 is 0 Å². The number of aromatic amines is 1. The third kappa shape index (κ3) is 2.21. The van der Waals surface area contributed by atoms with Crippen molar-refractivity contribution in [3.8, 4) is 0 Å². The second kappa shape index (κ2) is 4.59. The van der Waals surface area contributed by atoms with E-state index in [9.17, 15) is 8.42 Å². The summed E-state index contributed by atoms with van der Waals surface area (Å²) in [4.78, 5) is 6.70. The third-order valence-corrected chi connectivity index (χ3v) is 5.41. The van der Waals surface area contributed by atoms with E-state index in [0.717, 1.165) is 6.42 Å². The zero-order valence-corrected chi connectivity index (χ0v) is 11.4. The van der Waals surface area contributed by atoms with E-state index in [0.29, 0.717) is 24.2 Å². The van der Waals surface area contributed by atoms with Gasteiger partial charge in [-0.25, -0.2) is 13.4 Å². The maximum absolute atomic E-state index is 12.4. The molecule has 1 saturated heterocycles. The fourth-order valence-electron chi connectivity index (χ4n) is 2.16. The van der Waals surface area contributed by atoms with Gasteiger partial charge in [0.1, 0.15) is 5.82 Å². The second-order valence-corrected chi connectivity index (χ2v) is 6.60. The van der Waals surface area contributed by atoms with Crippen molar-refractivity contribution in [3.63, 3.8) is 0 Å². The second-order valence-electron chi connectivity index (χ2n) is 4.44. The average molecular weight is 278 g/mol. The van der Waals surface area contributed by atoms with Crippen LogP contribution in [0.25, 0.3) is 0 Å². The van der Waals surface area contributed by atoms with Crippen molar-refractivity contribution in [3.05, 3.63) is 12.0 Å². The van der Waals surface area contributed by atoms with Crippen LogP contribution in [0.1, 0.15) is 19.2 Å². The maximum atomic E-state index is 12.4. The molecule has 0 spiro atoms. The zero-order chi connectivity index (χ0) is 12.6. The van der Waals surface area contributed by atoms with E-state index in [2.05, 4.69) is 9.97 Å². The molecule has 1 aromatic rings. The van der Waals surface area contributed by atoms with Crippen LogP contribution in [0.15, 0.2) is 11.2 Å². The molecule has 2 unspecified atom stereocenters. The average Bonchev–Trinajstić information content (AvgIpc) is 2.84. The topological polar surface area (TPSA) is 66.1 Å². The lowest BCUT2D eigenvalue weighted by atomic mass is 10.1. The standard InChI is InChI=1S/C10H16ClN3O2S/c1-7-3-4-14(9(7)5-11)17(15,16)10-6-12-8(2)13-10/h6-7,9H,3-5H2,1-2H3,(H,12,13). The maximum Gasteiger partial charge on any atom is 0.260 e. The van der Waals surface area contributed by atoms with Gasteiger partial charge in [-0.05, 0) is 19.3 Å². The van der Waals surface area contributed by atoms with Crippen molar-refractivity contribution < 1.29 is 8.42 Å². The van der Waals surface area contributed by atoms with Gasteiger partial charge in [-0.3, -0.25) is 0 Å². The fourth-order valence-corrected chi connectivity index (χ4v) is 4.41. The SMILES string of the molecule is Cc1ncc(S(=O)(=O)N2CCC(C)C2CCl)[nH]1. The zero-order valence-electron chi connectivity index (χ0n) is 9.85. The molecular formula is C10H16ClN3O2S. The van der Waals surface area contributed by atoms with E-state index in [1.807, 2.05) is 6.92 Å². The Labute approximate surface area is 106 Å². The minimum Gasteiger partial charge on any atom is -0.332 e. The Morgan fingerprint density at radius 2 is 2.35 bits per heavy atom. The highest BCUT2D eigenvalue weighted by atomic mass is 35.5. The van der Waals surface area contributed by atoms with Crippen LogP contribution in [0.3, 0.4) is 0 Å². The number of H-pyrrole nitrogens is 1. The lowest BCUT2D eigenvalue weighted by Gasteiger charge is -2.23. The highest BCUT2D eigenvalue weighted by Crippen LogP contribution is 2.30. The molecule has 0 bridgehead atoms. The summed E-state index contributed by atoms with van der Waals surface area (Å²) in [6.45, 7) is 4.28. The Hall–Kier alpha value is -0.590. The first-order valence-electron chi connectivity index (χ1n) is 5.56. The number of hydrogen-bond acceptors (Lipinski definition) is 3. The van der Waals surface area contributed by atoms with Crippen molar-refractivity contribution in [2.45, 2.75) is 31.3 Å². The molecule has 1 N–H and O–H groups in total. The van der Waals surface area contributed by atoms with E-state index >= 15 is 0 Å². The molecular weight excluding hydrogens is 262 g/mol. The third-order valence-electron chi connectivity index (χ3n) is 3.26. The molecule has 2 rings (SSSR count). The summed E-state index contributed by atoms with van der Waals surface area (Å²) in [5.74, 6) is 1.22. The largest absolute Gasteiger partial charge is 0.332 e. The summed E-state index contributed by atoms with van der Waals surface area (Å²) in [5, 5.41) is 0.152. The van der Waals surface area contributed by atoms with E-state index in [1.54, 1.807) is 6.92 Å². The van der Waals surface area contributed by atoms with Crippen LogP contribution in [0.2, 0.25) is 0 Å². The summed E-state index contributed by atoms with van der Waals surface area (Å²) in [6, 6.07) is -0.120. The molecule has 2 atom stereocenters. The lowest BCUT2D eigenvalue weighted by molar-refractivity contribution is 0.374. The van der Waals surface area contributed by atoms with Crippen LogP contribution in [0, 0.1) is 12.8 Å². The van der Waals surface area contributed by atoms with E-state index in [-0.39, 0.29) is 11.1 Å². The van der Waals surface area contributed by atoms with Gasteiger partial charge >= 0.3 is 0 Å². The van der Waals surface area contributed by atoms with Gasteiger partial charge in [-0.2, -0.15) is 4.31 Å². The molecule has 0 amide bonds. The smallest absolute Gasteiger partial charge is 0.260 e. The first-order chi connectivity index (χ1) is 7.96. The number of alkyl halides is 1. The summed E-state index contributed by atoms with van der Waals surface area (Å²) in [7, 11) is -3.48. The van der Waals surface area contributed by atoms with Crippen LogP contribution in [-0.4, -0.2) is 41.2 Å². The number of nitrogens with one attached hydrogen (secondary N) is 1. The van der Waals surface area contributed by atoms with Crippen LogP contribution in [0.4, 0.5) is 0 Å². The molecule has 1 aliphatic rings. The lowest BCUT2D eigenvalue weighted by Crippen LogP contribution is -2.38. The van der Waals surface area contributed by atoms with Gasteiger partial charge in [0, 0.05) is 18.5 Å². The summed E-state index contributed by atoms with van der Waals surface area (Å²) < 4.78 is 26.2. The van der Waals surface area contributed by atoms with Crippen LogP contribution in [-0.2, 0) is 10.0 Å². The van der Waals surface area contributed by atoms with Gasteiger partial charge < -0.3 is 4.98 Å². The number of rotatable bonds is 3. The fraction of sp³-hybridized carbons (Fsp3) is 0.700. The molecule has 0 aliphatic carbocycles. The highest BCUT2D eigenvalue weighted by molar-refractivity contribution is 7.89. The molecule has 0 aromatic carbocycles. The number of halogens is 1. The molecule has 1 fully saturated rings. The minimum absolute atomic E-state index is 0.120. The van der Waals surface area contributed by atoms with Crippen molar-refractivity contribution in [2.24, 2.45) is 5.92 Å². The van der Waals surface area contributed by atoms with Crippen molar-refractivity contribution in [1.82, 2.24) is 14.3 Å². The molecule has 96 valence electrons. The van der Waals surface area contributed by atoms with Gasteiger partial charge in [-0.15, -0.1) is 11.6 Å². The first-order valence-corrected chi connectivity index (χ1v) is 7.53. The first kappa shape index (κ1) is 12.9.